The summed E-state index contributed by atoms with van der Waals surface area (Å²) in [5.74, 6) is 0. The zero-order chi connectivity index (χ0) is 13.1. The number of nitrogens with zero attached hydrogens (tertiary/aromatic N) is 1. The summed E-state index contributed by atoms with van der Waals surface area (Å²) in [6.07, 6.45) is 1.77. The Morgan fingerprint density at radius 2 is 1.79 bits per heavy atom. The summed E-state index contributed by atoms with van der Waals surface area (Å²) in [5, 5.41) is 5.97. The highest BCUT2D eigenvalue weighted by molar-refractivity contribution is 9.10. The molecule has 3 heteroatoms. The third-order valence-corrected chi connectivity index (χ3v) is 3.74. The van der Waals surface area contributed by atoms with Crippen LogP contribution in [0.15, 0.2) is 65.4 Å². The average molecular weight is 313 g/mol. The Labute approximate surface area is 120 Å². The predicted molar refractivity (Wildman–Crippen MR) is 83.2 cm³/mol. The van der Waals surface area contributed by atoms with Crippen molar-refractivity contribution < 1.29 is 0 Å². The first-order valence-electron chi connectivity index (χ1n) is 6.15. The number of halogens is 1. The number of pyridine rings is 1. The molecule has 0 amide bonds. The molecule has 2 nitrogen and oxygen atoms in total. The minimum absolute atomic E-state index is 0.783. The maximum absolute atomic E-state index is 4.21. The van der Waals surface area contributed by atoms with E-state index in [-0.39, 0.29) is 0 Å². The first kappa shape index (κ1) is 12.2. The van der Waals surface area contributed by atoms with Crippen molar-refractivity contribution in [3.05, 3.63) is 71.0 Å². The van der Waals surface area contributed by atoms with E-state index in [1.165, 1.54) is 16.3 Å². The molecule has 0 radical (unpaired) electrons. The van der Waals surface area contributed by atoms with Gasteiger partial charge in [-0.15, -0.1) is 0 Å². The maximum atomic E-state index is 4.21. The lowest BCUT2D eigenvalue weighted by Gasteiger charge is -2.10. The number of hydrogen-bond donors (Lipinski definition) is 1. The van der Waals surface area contributed by atoms with Crippen LogP contribution in [0.25, 0.3) is 10.8 Å². The first-order valence-corrected chi connectivity index (χ1v) is 6.95. The van der Waals surface area contributed by atoms with E-state index in [9.17, 15) is 0 Å². The van der Waals surface area contributed by atoms with Crippen LogP contribution in [0.2, 0.25) is 0 Å². The van der Waals surface area contributed by atoms with Crippen LogP contribution in [-0.2, 0) is 6.54 Å². The molecule has 0 atom stereocenters. The van der Waals surface area contributed by atoms with Crippen molar-refractivity contribution in [2.45, 2.75) is 6.54 Å². The molecule has 19 heavy (non-hydrogen) atoms. The van der Waals surface area contributed by atoms with Gasteiger partial charge in [0, 0.05) is 12.7 Å². The second-order valence-corrected chi connectivity index (χ2v) is 5.08. The van der Waals surface area contributed by atoms with E-state index in [0.29, 0.717) is 0 Å². The van der Waals surface area contributed by atoms with Crippen LogP contribution < -0.4 is 5.32 Å². The van der Waals surface area contributed by atoms with Crippen molar-refractivity contribution in [3.63, 3.8) is 0 Å². The number of aromatic nitrogens is 1. The number of fused-ring (bicyclic) bond motifs is 1. The summed E-state index contributed by atoms with van der Waals surface area (Å²) in [4.78, 5) is 4.21. The molecular formula is C16H13BrN2. The SMILES string of the molecule is Brc1ncccc1NCc1cccc2ccccc12. The van der Waals surface area contributed by atoms with Gasteiger partial charge in [0.1, 0.15) is 4.60 Å². The Morgan fingerprint density at radius 3 is 2.68 bits per heavy atom. The monoisotopic (exact) mass is 312 g/mol. The van der Waals surface area contributed by atoms with Crippen molar-refractivity contribution in [1.29, 1.82) is 0 Å². The van der Waals surface area contributed by atoms with Crippen LogP contribution in [-0.4, -0.2) is 4.98 Å². The lowest BCUT2D eigenvalue weighted by atomic mass is 10.0. The normalized spacial score (nSPS) is 10.6. The summed E-state index contributed by atoms with van der Waals surface area (Å²) in [6.45, 7) is 0.783. The molecule has 0 aliphatic rings. The zero-order valence-electron chi connectivity index (χ0n) is 10.3. The lowest BCUT2D eigenvalue weighted by molar-refractivity contribution is 1.14. The van der Waals surface area contributed by atoms with Crippen LogP contribution >= 0.6 is 15.9 Å². The standard InChI is InChI=1S/C16H13BrN2/c17-16-15(9-4-10-18-16)19-11-13-7-3-6-12-5-1-2-8-14(12)13/h1-10,19H,11H2. The average Bonchev–Trinajstić information content (AvgIpc) is 2.46. The second kappa shape index (κ2) is 5.41. The Morgan fingerprint density at radius 1 is 0.947 bits per heavy atom. The van der Waals surface area contributed by atoms with Crippen molar-refractivity contribution >= 4 is 32.4 Å². The smallest absolute Gasteiger partial charge is 0.129 e. The van der Waals surface area contributed by atoms with Gasteiger partial charge in [-0.05, 0) is 44.4 Å². The van der Waals surface area contributed by atoms with Gasteiger partial charge in [0.25, 0.3) is 0 Å². The topological polar surface area (TPSA) is 24.9 Å². The number of hydrogen-bond acceptors (Lipinski definition) is 2. The Kier molecular flexibility index (Phi) is 3.47. The Balaban J connectivity index is 1.88. The molecular weight excluding hydrogens is 300 g/mol. The molecule has 0 aliphatic carbocycles. The molecule has 0 saturated heterocycles. The Hall–Kier alpha value is -1.87. The largest absolute Gasteiger partial charge is 0.379 e. The summed E-state index contributed by atoms with van der Waals surface area (Å²) in [6, 6.07) is 18.8. The van der Waals surface area contributed by atoms with E-state index in [2.05, 4.69) is 68.7 Å². The highest BCUT2D eigenvalue weighted by atomic mass is 79.9. The molecule has 1 N–H and O–H groups in total. The van der Waals surface area contributed by atoms with Crippen LogP contribution in [0.3, 0.4) is 0 Å². The van der Waals surface area contributed by atoms with Crippen LogP contribution in [0.4, 0.5) is 5.69 Å². The number of anilines is 1. The Bertz CT molecular complexity index is 704. The predicted octanol–water partition coefficient (Wildman–Crippen LogP) is 4.61. The highest BCUT2D eigenvalue weighted by Crippen LogP contribution is 2.22. The maximum Gasteiger partial charge on any atom is 0.129 e. The minimum atomic E-state index is 0.783. The summed E-state index contributed by atoms with van der Waals surface area (Å²) < 4.78 is 0.843. The van der Waals surface area contributed by atoms with Crippen molar-refractivity contribution in [2.75, 3.05) is 5.32 Å². The van der Waals surface area contributed by atoms with Gasteiger partial charge in [0.05, 0.1) is 5.69 Å². The highest BCUT2D eigenvalue weighted by Gasteiger charge is 2.02. The van der Waals surface area contributed by atoms with Crippen LogP contribution in [0.5, 0.6) is 0 Å². The lowest BCUT2D eigenvalue weighted by Crippen LogP contribution is -2.01. The fourth-order valence-corrected chi connectivity index (χ4v) is 2.55. The van der Waals surface area contributed by atoms with E-state index in [0.717, 1.165) is 16.8 Å². The van der Waals surface area contributed by atoms with E-state index in [1.54, 1.807) is 6.20 Å². The second-order valence-electron chi connectivity index (χ2n) is 4.33. The first-order chi connectivity index (χ1) is 9.34. The molecule has 2 aromatic carbocycles. The molecule has 0 unspecified atom stereocenters. The molecule has 3 rings (SSSR count). The number of benzene rings is 2. The number of rotatable bonds is 3. The quantitative estimate of drug-likeness (QED) is 0.714. The molecule has 3 aromatic rings. The molecule has 1 aromatic heterocycles. The summed E-state index contributed by atoms with van der Waals surface area (Å²) >= 11 is 3.45. The van der Waals surface area contributed by atoms with Crippen molar-refractivity contribution in [3.8, 4) is 0 Å². The molecule has 0 fully saturated rings. The fraction of sp³-hybridized carbons (Fsp3) is 0.0625. The van der Waals surface area contributed by atoms with Gasteiger partial charge in [-0.1, -0.05) is 42.5 Å². The summed E-state index contributed by atoms with van der Waals surface area (Å²) in [5.41, 5.74) is 2.30. The molecule has 0 aliphatic heterocycles. The molecule has 94 valence electrons. The van der Waals surface area contributed by atoms with Crippen molar-refractivity contribution in [2.24, 2.45) is 0 Å². The van der Waals surface area contributed by atoms with Crippen molar-refractivity contribution in [1.82, 2.24) is 4.98 Å². The summed E-state index contributed by atoms with van der Waals surface area (Å²) in [7, 11) is 0. The van der Waals surface area contributed by atoms with Crippen LogP contribution in [0.1, 0.15) is 5.56 Å². The zero-order valence-corrected chi connectivity index (χ0v) is 11.9. The van der Waals surface area contributed by atoms with Gasteiger partial charge in [0.15, 0.2) is 0 Å². The van der Waals surface area contributed by atoms with Gasteiger partial charge >= 0.3 is 0 Å². The van der Waals surface area contributed by atoms with Gasteiger partial charge in [-0.25, -0.2) is 4.98 Å². The van der Waals surface area contributed by atoms with Gasteiger partial charge in [-0.3, -0.25) is 0 Å². The molecule has 0 spiro atoms. The number of nitrogens with one attached hydrogen (secondary N) is 1. The van der Waals surface area contributed by atoms with E-state index in [1.807, 2.05) is 12.1 Å². The van der Waals surface area contributed by atoms with Crippen LogP contribution in [0, 0.1) is 0 Å². The molecule has 0 saturated carbocycles. The fourth-order valence-electron chi connectivity index (χ4n) is 2.15. The van der Waals surface area contributed by atoms with E-state index in [4.69, 9.17) is 0 Å². The van der Waals surface area contributed by atoms with Gasteiger partial charge < -0.3 is 5.32 Å². The third kappa shape index (κ3) is 2.61. The van der Waals surface area contributed by atoms with E-state index >= 15 is 0 Å². The van der Waals surface area contributed by atoms with Gasteiger partial charge in [0.2, 0.25) is 0 Å². The molecule has 0 bridgehead atoms. The third-order valence-electron chi connectivity index (χ3n) is 3.11. The minimum Gasteiger partial charge on any atom is -0.379 e. The molecule has 1 heterocycles. The van der Waals surface area contributed by atoms with Gasteiger partial charge in [-0.2, -0.15) is 0 Å². The van der Waals surface area contributed by atoms with E-state index < -0.39 is 0 Å².